The Kier molecular flexibility index (Phi) is 5.28. The second kappa shape index (κ2) is 8.75. The molecule has 0 aliphatic carbocycles. The highest BCUT2D eigenvalue weighted by Gasteiger charge is 2.17. The molecule has 0 amide bonds. The first kappa shape index (κ1) is 21.1. The number of rotatable bonds is 4. The van der Waals surface area contributed by atoms with Gasteiger partial charge in [0.1, 0.15) is 5.58 Å². The maximum Gasteiger partial charge on any atom is 0.363 e. The standard InChI is InChI=1S/C30H19ClN2O2/c31-24-13-7-8-14-25(24)32-21-15-16-27-23(17-21)28-22(19-9-3-1-4-10-19)18-26(20-11-5-2-6-12-20)33-29(28)30(34)35-27/h1-18,32H. The number of hydrogen-bond acceptors (Lipinski definition) is 4. The van der Waals surface area contributed by atoms with Crippen molar-refractivity contribution in [3.63, 3.8) is 0 Å². The second-order valence-corrected chi connectivity index (χ2v) is 8.62. The highest BCUT2D eigenvalue weighted by Crippen LogP contribution is 2.36. The lowest BCUT2D eigenvalue weighted by molar-refractivity contribution is 0.568. The third-order valence-corrected chi connectivity index (χ3v) is 6.30. The number of hydrogen-bond donors (Lipinski definition) is 1. The topological polar surface area (TPSA) is 55.1 Å². The third-order valence-electron chi connectivity index (χ3n) is 5.97. The van der Waals surface area contributed by atoms with E-state index in [-0.39, 0.29) is 0 Å². The van der Waals surface area contributed by atoms with Crippen LogP contribution in [0.1, 0.15) is 0 Å². The van der Waals surface area contributed by atoms with Gasteiger partial charge in [-0.3, -0.25) is 0 Å². The van der Waals surface area contributed by atoms with Gasteiger partial charge in [-0.15, -0.1) is 0 Å². The number of anilines is 2. The smallest absolute Gasteiger partial charge is 0.363 e. The Balaban J connectivity index is 1.65. The summed E-state index contributed by atoms with van der Waals surface area (Å²) in [5.41, 5.74) is 5.51. The van der Waals surface area contributed by atoms with Crippen molar-refractivity contribution in [2.45, 2.75) is 0 Å². The van der Waals surface area contributed by atoms with E-state index in [2.05, 4.69) is 5.32 Å². The number of pyridine rings is 1. The maximum absolute atomic E-state index is 13.1. The minimum Gasteiger partial charge on any atom is -0.421 e. The number of halogens is 1. The molecule has 0 radical (unpaired) electrons. The summed E-state index contributed by atoms with van der Waals surface area (Å²) in [6, 6.07) is 35.1. The number of nitrogens with one attached hydrogen (secondary N) is 1. The molecule has 0 fully saturated rings. The average molecular weight is 475 g/mol. The number of fused-ring (bicyclic) bond motifs is 3. The van der Waals surface area contributed by atoms with E-state index in [0.29, 0.717) is 21.8 Å². The molecular weight excluding hydrogens is 456 g/mol. The Bertz CT molecular complexity index is 1750. The van der Waals surface area contributed by atoms with Gasteiger partial charge in [0.2, 0.25) is 0 Å². The Morgan fingerprint density at radius 1 is 0.743 bits per heavy atom. The van der Waals surface area contributed by atoms with Gasteiger partial charge < -0.3 is 9.73 Å². The number of para-hydroxylation sites is 1. The molecule has 168 valence electrons. The number of nitrogens with zero attached hydrogens (tertiary/aromatic N) is 1. The zero-order chi connectivity index (χ0) is 23.8. The minimum absolute atomic E-state index is 0.299. The lowest BCUT2D eigenvalue weighted by Gasteiger charge is -2.13. The van der Waals surface area contributed by atoms with Gasteiger partial charge in [0.25, 0.3) is 0 Å². The van der Waals surface area contributed by atoms with E-state index in [1.54, 1.807) is 6.07 Å². The van der Waals surface area contributed by atoms with Crippen molar-refractivity contribution in [2.24, 2.45) is 0 Å². The Hall–Kier alpha value is -4.41. The summed E-state index contributed by atoms with van der Waals surface area (Å²) in [7, 11) is 0. The van der Waals surface area contributed by atoms with Crippen molar-refractivity contribution in [3.05, 3.63) is 125 Å². The van der Waals surface area contributed by atoms with Crippen LogP contribution in [0.3, 0.4) is 0 Å². The minimum atomic E-state index is -0.464. The van der Waals surface area contributed by atoms with Crippen LogP contribution >= 0.6 is 11.6 Å². The molecule has 0 saturated heterocycles. The van der Waals surface area contributed by atoms with Gasteiger partial charge in [-0.2, -0.15) is 0 Å². The van der Waals surface area contributed by atoms with Crippen molar-refractivity contribution in [1.29, 1.82) is 0 Å². The molecular formula is C30H19ClN2O2. The molecule has 0 aliphatic rings. The van der Waals surface area contributed by atoms with E-state index >= 15 is 0 Å². The molecule has 2 aromatic heterocycles. The van der Waals surface area contributed by atoms with Crippen molar-refractivity contribution in [3.8, 4) is 22.4 Å². The van der Waals surface area contributed by atoms with Gasteiger partial charge >= 0.3 is 5.63 Å². The highest BCUT2D eigenvalue weighted by molar-refractivity contribution is 6.33. The molecule has 0 atom stereocenters. The van der Waals surface area contributed by atoms with Gasteiger partial charge in [-0.25, -0.2) is 9.78 Å². The fraction of sp³-hybridized carbons (Fsp3) is 0. The summed E-state index contributed by atoms with van der Waals surface area (Å²) in [4.78, 5) is 17.9. The first-order valence-electron chi connectivity index (χ1n) is 11.2. The molecule has 4 nitrogen and oxygen atoms in total. The maximum atomic E-state index is 13.1. The van der Waals surface area contributed by atoms with Crippen LogP contribution in [-0.2, 0) is 0 Å². The fourth-order valence-corrected chi connectivity index (χ4v) is 4.51. The van der Waals surface area contributed by atoms with Crippen molar-refractivity contribution < 1.29 is 4.42 Å². The molecule has 0 spiro atoms. The van der Waals surface area contributed by atoms with Gasteiger partial charge in [-0.1, -0.05) is 84.4 Å². The van der Waals surface area contributed by atoms with Gasteiger partial charge in [0, 0.05) is 22.0 Å². The van der Waals surface area contributed by atoms with E-state index in [4.69, 9.17) is 21.0 Å². The molecule has 35 heavy (non-hydrogen) atoms. The molecule has 0 unspecified atom stereocenters. The van der Waals surface area contributed by atoms with Crippen molar-refractivity contribution >= 4 is 44.8 Å². The van der Waals surface area contributed by atoms with E-state index < -0.39 is 5.63 Å². The third kappa shape index (κ3) is 3.94. The van der Waals surface area contributed by atoms with Crippen molar-refractivity contribution in [1.82, 2.24) is 4.98 Å². The molecule has 0 bridgehead atoms. The van der Waals surface area contributed by atoms with E-state index in [9.17, 15) is 4.79 Å². The monoisotopic (exact) mass is 474 g/mol. The van der Waals surface area contributed by atoms with Crippen LogP contribution in [0.4, 0.5) is 11.4 Å². The Morgan fingerprint density at radius 3 is 2.17 bits per heavy atom. The average Bonchev–Trinajstić information content (AvgIpc) is 2.91. The van der Waals surface area contributed by atoms with Gasteiger partial charge in [-0.05, 0) is 47.5 Å². The normalized spacial score (nSPS) is 11.1. The lowest BCUT2D eigenvalue weighted by Crippen LogP contribution is -2.05. The summed E-state index contributed by atoms with van der Waals surface area (Å²) in [6.45, 7) is 0. The van der Waals surface area contributed by atoms with Crippen molar-refractivity contribution in [2.75, 3.05) is 5.32 Å². The second-order valence-electron chi connectivity index (χ2n) is 8.22. The summed E-state index contributed by atoms with van der Waals surface area (Å²) in [5.74, 6) is 0. The van der Waals surface area contributed by atoms with Crippen LogP contribution in [0.25, 0.3) is 44.3 Å². The fourth-order valence-electron chi connectivity index (χ4n) is 4.33. The first-order valence-corrected chi connectivity index (χ1v) is 11.6. The van der Waals surface area contributed by atoms with E-state index in [1.807, 2.05) is 103 Å². The van der Waals surface area contributed by atoms with Crippen LogP contribution in [0, 0.1) is 0 Å². The van der Waals surface area contributed by atoms with E-state index in [1.165, 1.54) is 0 Å². The number of aromatic nitrogens is 1. The molecule has 6 aromatic rings. The number of benzene rings is 4. The summed E-state index contributed by atoms with van der Waals surface area (Å²) in [6.07, 6.45) is 0. The summed E-state index contributed by atoms with van der Waals surface area (Å²) in [5, 5.41) is 5.54. The largest absolute Gasteiger partial charge is 0.421 e. The van der Waals surface area contributed by atoms with Gasteiger partial charge in [0.05, 0.1) is 16.4 Å². The molecule has 6 rings (SSSR count). The Labute approximate surface area is 206 Å². The first-order chi connectivity index (χ1) is 17.2. The SMILES string of the molecule is O=c1oc2ccc(Nc3ccccc3Cl)cc2c2c(-c3ccccc3)cc(-c3ccccc3)nc12. The van der Waals surface area contributed by atoms with E-state index in [0.717, 1.165) is 38.8 Å². The van der Waals surface area contributed by atoms with Crippen LogP contribution < -0.4 is 10.9 Å². The van der Waals surface area contributed by atoms with Crippen LogP contribution in [0.2, 0.25) is 5.02 Å². The Morgan fingerprint density at radius 2 is 1.43 bits per heavy atom. The molecule has 0 aliphatic heterocycles. The lowest BCUT2D eigenvalue weighted by atomic mass is 9.96. The highest BCUT2D eigenvalue weighted by atomic mass is 35.5. The van der Waals surface area contributed by atoms with Gasteiger partial charge in [0.15, 0.2) is 5.52 Å². The predicted molar refractivity (Wildman–Crippen MR) is 143 cm³/mol. The van der Waals surface area contributed by atoms with Crippen LogP contribution in [-0.4, -0.2) is 4.98 Å². The quantitative estimate of drug-likeness (QED) is 0.207. The summed E-state index contributed by atoms with van der Waals surface area (Å²) >= 11 is 6.36. The molecule has 4 aromatic carbocycles. The molecule has 1 N–H and O–H groups in total. The van der Waals surface area contributed by atoms with Crippen LogP contribution in [0.15, 0.2) is 118 Å². The summed E-state index contributed by atoms with van der Waals surface area (Å²) < 4.78 is 5.71. The zero-order valence-electron chi connectivity index (χ0n) is 18.5. The zero-order valence-corrected chi connectivity index (χ0v) is 19.3. The molecule has 2 heterocycles. The predicted octanol–water partition coefficient (Wildman–Crippen LogP) is 8.07. The molecule has 0 saturated carbocycles. The van der Waals surface area contributed by atoms with Crippen LogP contribution in [0.5, 0.6) is 0 Å². The molecule has 5 heteroatoms.